The SMILES string of the molecule is O=C1CCC(=O)N(CCCC[N+]2(OC(=O)C(F)(F)F)CCN(CCn3ccnc3)CC2)c2ccccc21. The number of hydrogen-bond donors (Lipinski definition) is 0. The van der Waals surface area contributed by atoms with Crippen molar-refractivity contribution in [1.82, 2.24) is 14.5 Å². The average Bonchev–Trinajstić information content (AvgIpc) is 3.36. The molecule has 2 aliphatic heterocycles. The van der Waals surface area contributed by atoms with Crippen molar-refractivity contribution < 1.29 is 37.0 Å². The molecule has 0 aliphatic carbocycles. The highest BCUT2D eigenvalue weighted by atomic mass is 19.4. The third kappa shape index (κ3) is 6.75. The fraction of sp³-hybridized carbons (Fsp3) is 0.520. The lowest BCUT2D eigenvalue weighted by Crippen LogP contribution is -2.61. The molecule has 3 heterocycles. The number of ketones is 1. The summed E-state index contributed by atoms with van der Waals surface area (Å²) in [6.45, 7) is 3.40. The molecule has 0 radical (unpaired) electrons. The van der Waals surface area contributed by atoms with Crippen LogP contribution in [0.25, 0.3) is 0 Å². The average molecular weight is 523 g/mol. The summed E-state index contributed by atoms with van der Waals surface area (Å²) < 4.78 is 40.6. The van der Waals surface area contributed by atoms with Crippen molar-refractivity contribution in [3.8, 4) is 0 Å². The van der Waals surface area contributed by atoms with Gasteiger partial charge in [-0.05, 0) is 18.6 Å². The second-order valence-corrected chi connectivity index (χ2v) is 9.44. The molecule has 0 unspecified atom stereocenters. The number of amides is 1. The Kier molecular flexibility index (Phi) is 8.28. The van der Waals surface area contributed by atoms with E-state index in [9.17, 15) is 27.6 Å². The van der Waals surface area contributed by atoms with Crippen LogP contribution >= 0.6 is 0 Å². The summed E-state index contributed by atoms with van der Waals surface area (Å²) >= 11 is 0. The van der Waals surface area contributed by atoms with Gasteiger partial charge in [-0.15, -0.1) is 4.65 Å². The molecular formula is C25H31F3N5O4+. The molecule has 0 N–H and O–H groups in total. The number of imidazole rings is 1. The first-order valence-corrected chi connectivity index (χ1v) is 12.4. The Bertz CT molecular complexity index is 1100. The van der Waals surface area contributed by atoms with Gasteiger partial charge in [0.15, 0.2) is 5.78 Å². The number of carbonyl (C=O) groups is 3. The van der Waals surface area contributed by atoms with Gasteiger partial charge in [-0.2, -0.15) is 13.2 Å². The van der Waals surface area contributed by atoms with Gasteiger partial charge < -0.3 is 9.47 Å². The Morgan fingerprint density at radius 2 is 1.78 bits per heavy atom. The third-order valence-electron chi connectivity index (χ3n) is 6.95. The summed E-state index contributed by atoms with van der Waals surface area (Å²) in [5.74, 6) is -2.42. The van der Waals surface area contributed by atoms with E-state index in [-0.39, 0.29) is 44.2 Å². The van der Waals surface area contributed by atoms with Crippen molar-refractivity contribution in [2.24, 2.45) is 0 Å². The van der Waals surface area contributed by atoms with Gasteiger partial charge in [0.1, 0.15) is 19.6 Å². The van der Waals surface area contributed by atoms with Gasteiger partial charge in [-0.25, -0.2) is 9.78 Å². The number of quaternary nitrogens is 1. The highest BCUT2D eigenvalue weighted by molar-refractivity contribution is 6.10. The predicted molar refractivity (Wildman–Crippen MR) is 127 cm³/mol. The highest BCUT2D eigenvalue weighted by Gasteiger charge is 2.48. The molecule has 4 rings (SSSR count). The van der Waals surface area contributed by atoms with Crippen molar-refractivity contribution in [3.05, 3.63) is 48.5 Å². The predicted octanol–water partition coefficient (Wildman–Crippen LogP) is 2.83. The van der Waals surface area contributed by atoms with Crippen LogP contribution in [0.15, 0.2) is 43.0 Å². The molecular weight excluding hydrogens is 491 g/mol. The van der Waals surface area contributed by atoms with Crippen molar-refractivity contribution >= 4 is 23.3 Å². The van der Waals surface area contributed by atoms with Gasteiger partial charge in [0.05, 0.1) is 25.1 Å². The lowest BCUT2D eigenvalue weighted by Gasteiger charge is -2.41. The van der Waals surface area contributed by atoms with E-state index in [1.165, 1.54) is 0 Å². The standard InChI is InChI=1S/C25H31F3N5O4/c26-25(27,28)24(36)37-33(17-14-30(15-18-33)12-13-31-11-9-29-19-31)16-4-3-10-32-21-6-2-1-5-20(21)22(34)7-8-23(32)35/h1-2,5-6,9,11,19H,3-4,7-8,10,12-18H2/q+1. The number of para-hydroxylation sites is 1. The molecule has 1 amide bonds. The summed E-state index contributed by atoms with van der Waals surface area (Å²) in [5.41, 5.74) is 1.07. The first kappa shape index (κ1) is 26.8. The third-order valence-corrected chi connectivity index (χ3v) is 6.95. The molecule has 37 heavy (non-hydrogen) atoms. The van der Waals surface area contributed by atoms with E-state index in [0.29, 0.717) is 56.8 Å². The molecule has 1 aromatic heterocycles. The molecule has 12 heteroatoms. The zero-order chi connectivity index (χ0) is 26.5. The summed E-state index contributed by atoms with van der Waals surface area (Å²) in [5, 5.41) is 0. The monoisotopic (exact) mass is 522 g/mol. The Labute approximate surface area is 212 Å². The van der Waals surface area contributed by atoms with Crippen LogP contribution in [-0.4, -0.2) is 88.7 Å². The van der Waals surface area contributed by atoms with Crippen molar-refractivity contribution in [2.45, 2.75) is 38.4 Å². The number of rotatable bonds is 9. The van der Waals surface area contributed by atoms with E-state index in [1.54, 1.807) is 41.7 Å². The number of carbonyl (C=O) groups excluding carboxylic acids is 3. The van der Waals surface area contributed by atoms with Gasteiger partial charge in [0.25, 0.3) is 0 Å². The van der Waals surface area contributed by atoms with E-state index in [2.05, 4.69) is 9.88 Å². The van der Waals surface area contributed by atoms with Crippen LogP contribution in [0.1, 0.15) is 36.0 Å². The lowest BCUT2D eigenvalue weighted by atomic mass is 10.1. The molecule has 200 valence electrons. The van der Waals surface area contributed by atoms with E-state index < -0.39 is 16.8 Å². The van der Waals surface area contributed by atoms with Crippen molar-refractivity contribution in [2.75, 3.05) is 50.7 Å². The minimum atomic E-state index is -5.07. The fourth-order valence-electron chi connectivity index (χ4n) is 4.84. The molecule has 0 spiro atoms. The van der Waals surface area contributed by atoms with E-state index in [0.717, 1.165) is 0 Å². The molecule has 9 nitrogen and oxygen atoms in total. The number of Topliss-reactive ketones (excluding diaryl/α,β-unsaturated/α-hetero) is 1. The van der Waals surface area contributed by atoms with E-state index in [4.69, 9.17) is 4.84 Å². The van der Waals surface area contributed by atoms with Crippen LogP contribution in [0.2, 0.25) is 0 Å². The Hall–Kier alpha value is -3.25. The van der Waals surface area contributed by atoms with Crippen molar-refractivity contribution in [3.63, 3.8) is 0 Å². The number of aromatic nitrogens is 2. The number of piperazine rings is 1. The zero-order valence-corrected chi connectivity index (χ0v) is 20.5. The number of nitrogens with zero attached hydrogens (tertiary/aromatic N) is 5. The quantitative estimate of drug-likeness (QED) is 0.372. The largest absolute Gasteiger partial charge is 0.497 e. The maximum Gasteiger partial charge on any atom is 0.497 e. The summed E-state index contributed by atoms with van der Waals surface area (Å²) in [7, 11) is 0. The van der Waals surface area contributed by atoms with Gasteiger partial charge in [-0.1, -0.05) is 12.1 Å². The minimum absolute atomic E-state index is 0.0825. The first-order valence-electron chi connectivity index (χ1n) is 12.4. The van der Waals surface area contributed by atoms with Crippen LogP contribution in [0.5, 0.6) is 0 Å². The summed E-state index contributed by atoms with van der Waals surface area (Å²) in [4.78, 5) is 49.6. The molecule has 1 saturated heterocycles. The number of benzene rings is 1. The molecule has 0 saturated carbocycles. The second kappa shape index (κ2) is 11.4. The van der Waals surface area contributed by atoms with Gasteiger partial charge in [0.2, 0.25) is 5.91 Å². The second-order valence-electron chi connectivity index (χ2n) is 9.44. The molecule has 2 aliphatic rings. The lowest BCUT2D eigenvalue weighted by molar-refractivity contribution is -1.09. The minimum Gasteiger partial charge on any atom is -0.336 e. The van der Waals surface area contributed by atoms with Gasteiger partial charge >= 0.3 is 12.1 Å². The number of anilines is 1. The molecule has 1 fully saturated rings. The first-order chi connectivity index (χ1) is 17.7. The number of fused-ring (bicyclic) bond motifs is 1. The maximum absolute atomic E-state index is 13.0. The fourth-order valence-corrected chi connectivity index (χ4v) is 4.84. The van der Waals surface area contributed by atoms with Crippen LogP contribution in [0, 0.1) is 0 Å². The highest BCUT2D eigenvalue weighted by Crippen LogP contribution is 2.28. The Morgan fingerprint density at radius 1 is 1.03 bits per heavy atom. The van der Waals surface area contributed by atoms with Gasteiger partial charge in [-0.3, -0.25) is 19.3 Å². The number of unbranched alkanes of at least 4 members (excludes halogenated alkanes) is 1. The zero-order valence-electron chi connectivity index (χ0n) is 20.5. The maximum atomic E-state index is 13.0. The van der Waals surface area contributed by atoms with Crippen molar-refractivity contribution in [1.29, 1.82) is 0 Å². The van der Waals surface area contributed by atoms with E-state index in [1.807, 2.05) is 10.8 Å². The normalized spacial score (nSPS) is 18.4. The van der Waals surface area contributed by atoms with Crippen LogP contribution in [0.3, 0.4) is 0 Å². The number of alkyl halides is 3. The Morgan fingerprint density at radius 3 is 2.49 bits per heavy atom. The molecule has 0 atom stereocenters. The van der Waals surface area contributed by atoms with E-state index >= 15 is 0 Å². The van der Waals surface area contributed by atoms with Gasteiger partial charge in [0, 0.05) is 56.9 Å². The van der Waals surface area contributed by atoms with Crippen LogP contribution in [-0.2, 0) is 21.0 Å². The summed E-state index contributed by atoms with van der Waals surface area (Å²) in [6.07, 6.45) is 1.37. The van der Waals surface area contributed by atoms with Crippen LogP contribution < -0.4 is 4.90 Å². The number of hydroxylamine groups is 3. The topological polar surface area (TPSA) is 84.7 Å². The molecule has 1 aromatic carbocycles. The molecule has 2 aromatic rings. The number of halogens is 3. The van der Waals surface area contributed by atoms with Crippen LogP contribution in [0.4, 0.5) is 18.9 Å². The number of hydrogen-bond acceptors (Lipinski definition) is 6. The summed E-state index contributed by atoms with van der Waals surface area (Å²) in [6, 6.07) is 6.95. The Balaban J connectivity index is 1.36. The molecule has 0 bridgehead atoms. The smallest absolute Gasteiger partial charge is 0.336 e.